The van der Waals surface area contributed by atoms with Gasteiger partial charge in [-0.1, -0.05) is 25.0 Å². The van der Waals surface area contributed by atoms with Crippen LogP contribution in [0.1, 0.15) is 59.3 Å². The maximum Gasteiger partial charge on any atom is 0.309 e. The first-order valence-electron chi connectivity index (χ1n) is 8.09. The number of rotatable bonds is 2. The molecule has 0 aromatic rings. The summed E-state index contributed by atoms with van der Waals surface area (Å²) >= 11 is 0. The lowest BCUT2D eigenvalue weighted by Gasteiger charge is -2.21. The molecule has 0 spiro atoms. The lowest BCUT2D eigenvalue weighted by Crippen LogP contribution is -2.30. The van der Waals surface area contributed by atoms with Gasteiger partial charge in [0.1, 0.15) is 12.2 Å². The first-order valence-corrected chi connectivity index (χ1v) is 8.09. The molecule has 3 rings (SSSR count). The number of hydrogen-bond acceptors (Lipinski definition) is 3. The molecule has 2 fully saturated rings. The van der Waals surface area contributed by atoms with Crippen LogP contribution in [-0.4, -0.2) is 23.8 Å². The van der Waals surface area contributed by atoms with E-state index in [1.807, 2.05) is 0 Å². The summed E-state index contributed by atoms with van der Waals surface area (Å²) in [6, 6.07) is 0. The average molecular weight is 278 g/mol. The Hall–Kier alpha value is -0.830. The second-order valence-corrected chi connectivity index (χ2v) is 6.94. The van der Waals surface area contributed by atoms with Crippen molar-refractivity contribution in [1.29, 1.82) is 0 Å². The monoisotopic (exact) mass is 278 g/mol. The van der Waals surface area contributed by atoms with Crippen molar-refractivity contribution in [1.82, 2.24) is 0 Å². The maximum atomic E-state index is 12.2. The van der Waals surface area contributed by atoms with Crippen molar-refractivity contribution in [3.05, 3.63) is 11.6 Å². The van der Waals surface area contributed by atoms with Crippen LogP contribution in [0.2, 0.25) is 0 Å². The molecule has 20 heavy (non-hydrogen) atoms. The molecule has 0 saturated carbocycles. The molecule has 2 heterocycles. The van der Waals surface area contributed by atoms with Crippen LogP contribution in [0.5, 0.6) is 0 Å². The van der Waals surface area contributed by atoms with E-state index < -0.39 is 0 Å². The molecule has 0 radical (unpaired) electrons. The van der Waals surface area contributed by atoms with Gasteiger partial charge in [0.15, 0.2) is 0 Å². The second kappa shape index (κ2) is 5.18. The molecule has 3 heteroatoms. The quantitative estimate of drug-likeness (QED) is 0.440. The zero-order valence-corrected chi connectivity index (χ0v) is 12.9. The number of fused-ring (bicyclic) bond motifs is 3. The Labute approximate surface area is 121 Å². The number of carbonyl (C=O) groups excluding carboxylic acids is 1. The van der Waals surface area contributed by atoms with Gasteiger partial charge in [0.25, 0.3) is 0 Å². The minimum Gasteiger partial charge on any atom is -0.459 e. The summed E-state index contributed by atoms with van der Waals surface area (Å²) in [7, 11) is 0. The van der Waals surface area contributed by atoms with Crippen molar-refractivity contribution in [2.45, 2.75) is 77.1 Å². The smallest absolute Gasteiger partial charge is 0.309 e. The van der Waals surface area contributed by atoms with E-state index in [9.17, 15) is 4.79 Å². The molecule has 3 aliphatic rings. The van der Waals surface area contributed by atoms with Crippen LogP contribution in [0.3, 0.4) is 0 Å². The molecule has 0 bridgehead atoms. The van der Waals surface area contributed by atoms with Crippen molar-refractivity contribution in [3.8, 4) is 0 Å². The van der Waals surface area contributed by atoms with Gasteiger partial charge < -0.3 is 9.47 Å². The number of carbonyl (C=O) groups is 1. The Morgan fingerprint density at radius 3 is 3.00 bits per heavy atom. The Balaban J connectivity index is 1.83. The van der Waals surface area contributed by atoms with E-state index in [1.54, 1.807) is 0 Å². The van der Waals surface area contributed by atoms with E-state index in [1.165, 1.54) is 5.57 Å². The van der Waals surface area contributed by atoms with Crippen molar-refractivity contribution >= 4 is 5.97 Å². The van der Waals surface area contributed by atoms with Crippen molar-refractivity contribution in [2.75, 3.05) is 0 Å². The fourth-order valence-electron chi connectivity index (χ4n) is 3.98. The van der Waals surface area contributed by atoms with E-state index in [0.717, 1.165) is 38.5 Å². The van der Waals surface area contributed by atoms with Gasteiger partial charge in [0.05, 0.1) is 11.5 Å². The zero-order chi connectivity index (χ0) is 14.3. The predicted molar refractivity (Wildman–Crippen MR) is 77.3 cm³/mol. The Morgan fingerprint density at radius 1 is 1.45 bits per heavy atom. The second-order valence-electron chi connectivity index (χ2n) is 6.94. The summed E-state index contributed by atoms with van der Waals surface area (Å²) < 4.78 is 11.7. The van der Waals surface area contributed by atoms with E-state index >= 15 is 0 Å². The van der Waals surface area contributed by atoms with Crippen LogP contribution in [0.4, 0.5) is 0 Å². The summed E-state index contributed by atoms with van der Waals surface area (Å²) in [5.74, 6) is 0.446. The summed E-state index contributed by atoms with van der Waals surface area (Å²) in [5, 5.41) is 0. The first kappa shape index (κ1) is 14.1. The minimum atomic E-state index is -0.0710. The number of epoxide rings is 1. The van der Waals surface area contributed by atoms with Gasteiger partial charge in [0.2, 0.25) is 0 Å². The van der Waals surface area contributed by atoms with Crippen LogP contribution in [-0.2, 0) is 14.3 Å². The fraction of sp³-hybridized carbons (Fsp3) is 0.824. The Kier molecular flexibility index (Phi) is 3.65. The summed E-state index contributed by atoms with van der Waals surface area (Å²) in [5.41, 5.74) is 1.37. The molecule has 3 nitrogen and oxygen atoms in total. The first-order chi connectivity index (χ1) is 9.55. The third kappa shape index (κ3) is 2.41. The highest BCUT2D eigenvalue weighted by atomic mass is 16.6. The maximum absolute atomic E-state index is 12.2. The van der Waals surface area contributed by atoms with Crippen molar-refractivity contribution in [3.63, 3.8) is 0 Å². The molecule has 0 aromatic carbocycles. The van der Waals surface area contributed by atoms with Gasteiger partial charge in [-0.2, -0.15) is 0 Å². The number of hydrogen-bond donors (Lipinski definition) is 0. The topological polar surface area (TPSA) is 38.8 Å². The Morgan fingerprint density at radius 2 is 2.25 bits per heavy atom. The predicted octanol–water partition coefficient (Wildman–Crippen LogP) is 3.62. The molecule has 2 aliphatic heterocycles. The highest BCUT2D eigenvalue weighted by Crippen LogP contribution is 2.50. The van der Waals surface area contributed by atoms with E-state index in [4.69, 9.17) is 9.47 Å². The molecular weight excluding hydrogens is 252 g/mol. The molecule has 112 valence electrons. The Bertz CT molecular complexity index is 428. The van der Waals surface area contributed by atoms with Crippen LogP contribution in [0, 0.1) is 11.8 Å². The van der Waals surface area contributed by atoms with Gasteiger partial charge in [0, 0.05) is 5.92 Å². The summed E-state index contributed by atoms with van der Waals surface area (Å²) in [6.07, 6.45) is 8.71. The molecule has 1 aliphatic carbocycles. The largest absolute Gasteiger partial charge is 0.459 e. The van der Waals surface area contributed by atoms with Gasteiger partial charge in [-0.3, -0.25) is 4.79 Å². The van der Waals surface area contributed by atoms with Crippen molar-refractivity contribution in [2.24, 2.45) is 11.8 Å². The zero-order valence-electron chi connectivity index (χ0n) is 12.9. The summed E-state index contributed by atoms with van der Waals surface area (Å²) in [6.45, 7) is 6.51. The third-order valence-corrected chi connectivity index (χ3v) is 5.34. The van der Waals surface area contributed by atoms with Crippen LogP contribution in [0.15, 0.2) is 11.6 Å². The number of allylic oxidation sites excluding steroid dienone is 2. The minimum absolute atomic E-state index is 0.00468. The summed E-state index contributed by atoms with van der Waals surface area (Å²) in [4.78, 5) is 12.2. The molecule has 5 atom stereocenters. The van der Waals surface area contributed by atoms with Gasteiger partial charge in [-0.05, 0) is 46.0 Å². The van der Waals surface area contributed by atoms with E-state index in [0.29, 0.717) is 5.92 Å². The fourth-order valence-corrected chi connectivity index (χ4v) is 3.98. The van der Waals surface area contributed by atoms with E-state index in [2.05, 4.69) is 26.8 Å². The van der Waals surface area contributed by atoms with E-state index in [-0.39, 0.29) is 29.7 Å². The number of esters is 1. The molecule has 0 amide bonds. The average Bonchev–Trinajstić information content (AvgIpc) is 2.97. The number of ether oxygens (including phenoxy) is 2. The third-order valence-electron chi connectivity index (χ3n) is 5.34. The lowest BCUT2D eigenvalue weighted by molar-refractivity contribution is -0.145. The molecule has 2 saturated heterocycles. The van der Waals surface area contributed by atoms with Gasteiger partial charge in [-0.25, -0.2) is 0 Å². The van der Waals surface area contributed by atoms with Gasteiger partial charge in [-0.15, -0.1) is 0 Å². The van der Waals surface area contributed by atoms with Crippen LogP contribution >= 0.6 is 0 Å². The molecular formula is C17H26O3. The normalized spacial score (nSPS) is 46.8. The standard InChI is InChI=1S/C17H26O3/c1-4-6-13-12-9-8-11(2)7-5-10-17(3)15(20-17)14(12)19-16(13)18/h7,12-15H,4-6,8-10H2,1-3H3/b11-7+/t12-,13-,14-,15+,17+/m0/s1. The highest BCUT2D eigenvalue weighted by Gasteiger charge is 2.62. The van der Waals surface area contributed by atoms with Crippen LogP contribution in [0.25, 0.3) is 0 Å². The van der Waals surface area contributed by atoms with Crippen LogP contribution < -0.4 is 0 Å². The highest BCUT2D eigenvalue weighted by molar-refractivity contribution is 5.75. The molecule has 0 aromatic heterocycles. The van der Waals surface area contributed by atoms with Crippen molar-refractivity contribution < 1.29 is 14.3 Å². The lowest BCUT2D eigenvalue weighted by atomic mass is 9.79. The molecule has 0 unspecified atom stereocenters. The SMILES string of the molecule is CCC[C@@H]1C(=O)O[C@H]2[C@H]1CC/C(C)=C/CC[C@@]1(C)O[C@H]21. The molecule has 0 N–H and O–H groups in total. The van der Waals surface area contributed by atoms with Gasteiger partial charge >= 0.3 is 5.97 Å².